The fourth-order valence-electron chi connectivity index (χ4n) is 3.56. The average Bonchev–Trinajstić information content (AvgIpc) is 2.96. The fourth-order valence-corrected chi connectivity index (χ4v) is 3.56. The summed E-state index contributed by atoms with van der Waals surface area (Å²) in [5, 5.41) is 18.7. The molecule has 3 rings (SSSR count). The molecule has 0 aliphatic heterocycles. The first-order chi connectivity index (χ1) is 10.8. The molecule has 22 heavy (non-hydrogen) atoms. The third-order valence-electron chi connectivity index (χ3n) is 4.79. The van der Waals surface area contributed by atoms with Crippen LogP contribution in [0.15, 0.2) is 55.3 Å². The Balaban J connectivity index is 1.79. The van der Waals surface area contributed by atoms with Gasteiger partial charge in [0.15, 0.2) is 0 Å². The lowest BCUT2D eigenvalue weighted by molar-refractivity contribution is 0.102. The minimum atomic E-state index is 0.189. The molecule has 112 valence electrons. The Bertz CT molecular complexity index is 693. The van der Waals surface area contributed by atoms with Gasteiger partial charge in [-0.25, -0.2) is 0 Å². The van der Waals surface area contributed by atoms with E-state index in [0.717, 1.165) is 13.0 Å². The Morgan fingerprint density at radius 3 is 2.68 bits per heavy atom. The lowest BCUT2D eigenvalue weighted by Crippen LogP contribution is -2.36. The summed E-state index contributed by atoms with van der Waals surface area (Å²) in [6.45, 7) is 4.79. The molecule has 3 heteroatoms. The monoisotopic (exact) mass is 292 g/mol. The minimum absolute atomic E-state index is 0.189. The number of nitrogens with zero attached hydrogens (tertiary/aromatic N) is 2. The minimum Gasteiger partial charge on any atom is -0.396 e. The van der Waals surface area contributed by atoms with E-state index in [0.29, 0.717) is 17.4 Å². The van der Waals surface area contributed by atoms with E-state index in [1.165, 1.54) is 11.3 Å². The highest BCUT2D eigenvalue weighted by molar-refractivity contribution is 5.36. The molecule has 1 aromatic carbocycles. The van der Waals surface area contributed by atoms with Crippen molar-refractivity contribution < 1.29 is 5.11 Å². The van der Waals surface area contributed by atoms with Crippen molar-refractivity contribution in [1.29, 1.82) is 5.26 Å². The molecule has 1 heterocycles. The van der Waals surface area contributed by atoms with Crippen LogP contribution in [-0.4, -0.2) is 16.3 Å². The van der Waals surface area contributed by atoms with Gasteiger partial charge in [0.25, 0.3) is 0 Å². The van der Waals surface area contributed by atoms with E-state index in [-0.39, 0.29) is 12.5 Å². The first kappa shape index (κ1) is 14.6. The highest BCUT2D eigenvalue weighted by Crippen LogP contribution is 2.52. The number of aromatic nitrogens is 1. The largest absolute Gasteiger partial charge is 0.396 e. The van der Waals surface area contributed by atoms with Crippen molar-refractivity contribution >= 4 is 0 Å². The van der Waals surface area contributed by atoms with Crippen LogP contribution in [0.2, 0.25) is 0 Å². The van der Waals surface area contributed by atoms with Gasteiger partial charge in [-0.1, -0.05) is 18.2 Å². The lowest BCUT2D eigenvalue weighted by Gasteiger charge is -2.44. The van der Waals surface area contributed by atoms with Gasteiger partial charge >= 0.3 is 0 Å². The van der Waals surface area contributed by atoms with Crippen LogP contribution in [0.5, 0.6) is 0 Å². The van der Waals surface area contributed by atoms with Crippen molar-refractivity contribution in [3.8, 4) is 6.07 Å². The number of hydrogen-bond acceptors (Lipinski definition) is 2. The molecule has 3 atom stereocenters. The van der Waals surface area contributed by atoms with Crippen LogP contribution in [0.1, 0.15) is 35.1 Å². The van der Waals surface area contributed by atoms with Gasteiger partial charge in [-0.2, -0.15) is 5.26 Å². The van der Waals surface area contributed by atoms with Gasteiger partial charge in [0.1, 0.15) is 0 Å². The molecule has 1 N–H and O–H groups in total. The number of hydrogen-bond donors (Lipinski definition) is 1. The summed E-state index contributed by atoms with van der Waals surface area (Å²) in [4.78, 5) is 0. The normalized spacial score (nSPS) is 23.5. The summed E-state index contributed by atoms with van der Waals surface area (Å²) in [6, 6.07) is 14.1. The van der Waals surface area contributed by atoms with Crippen molar-refractivity contribution in [2.45, 2.75) is 24.8 Å². The van der Waals surface area contributed by atoms with Crippen molar-refractivity contribution in [1.82, 2.24) is 4.57 Å². The summed E-state index contributed by atoms with van der Waals surface area (Å²) < 4.78 is 2.20. The first-order valence-corrected chi connectivity index (χ1v) is 7.65. The molecule has 1 aliphatic rings. The van der Waals surface area contributed by atoms with E-state index >= 15 is 0 Å². The Hall–Kier alpha value is -2.31. The Morgan fingerprint density at radius 1 is 1.27 bits per heavy atom. The van der Waals surface area contributed by atoms with Crippen LogP contribution in [0, 0.1) is 17.2 Å². The van der Waals surface area contributed by atoms with Gasteiger partial charge in [0.2, 0.25) is 0 Å². The van der Waals surface area contributed by atoms with E-state index in [1.807, 2.05) is 30.3 Å². The van der Waals surface area contributed by atoms with Crippen molar-refractivity contribution in [3.05, 3.63) is 72.1 Å². The van der Waals surface area contributed by atoms with Gasteiger partial charge in [-0.3, -0.25) is 0 Å². The van der Waals surface area contributed by atoms with Crippen LogP contribution >= 0.6 is 0 Å². The zero-order valence-electron chi connectivity index (χ0n) is 12.5. The zero-order chi connectivity index (χ0) is 15.5. The Morgan fingerprint density at radius 2 is 2.05 bits per heavy atom. The molecule has 2 aromatic rings. The van der Waals surface area contributed by atoms with E-state index in [9.17, 15) is 5.11 Å². The van der Waals surface area contributed by atoms with E-state index in [2.05, 4.69) is 35.5 Å². The van der Waals surface area contributed by atoms with Crippen molar-refractivity contribution in [2.75, 3.05) is 6.61 Å². The number of rotatable bonds is 5. The van der Waals surface area contributed by atoms with Crippen LogP contribution in [0.25, 0.3) is 0 Å². The van der Waals surface area contributed by atoms with E-state index in [1.54, 1.807) is 0 Å². The molecule has 1 aliphatic carbocycles. The molecule has 1 saturated carbocycles. The average molecular weight is 292 g/mol. The quantitative estimate of drug-likeness (QED) is 0.858. The maximum atomic E-state index is 9.83. The number of aliphatic hydroxyl groups excluding tert-OH is 1. The molecule has 0 unspecified atom stereocenters. The first-order valence-electron chi connectivity index (χ1n) is 7.65. The van der Waals surface area contributed by atoms with Gasteiger partial charge in [0.05, 0.1) is 11.6 Å². The molecule has 0 amide bonds. The standard InChI is InChI=1S/C19H20N2O/c1-2-9-21-10-3-4-19(21)17-11-16(18(17)13-22)15-7-5-14(12-20)6-8-15/h2-8,10,16-18,22H,1,9,11,13H2/t16-,17-,18-/m1/s1. The van der Waals surface area contributed by atoms with Crippen LogP contribution in [-0.2, 0) is 6.54 Å². The smallest absolute Gasteiger partial charge is 0.0991 e. The maximum absolute atomic E-state index is 9.83. The summed E-state index contributed by atoms with van der Waals surface area (Å²) in [5.74, 6) is 1.00. The predicted molar refractivity (Wildman–Crippen MR) is 86.5 cm³/mol. The van der Waals surface area contributed by atoms with Gasteiger partial charge < -0.3 is 9.67 Å². The Kier molecular flexibility index (Phi) is 4.13. The molecular weight excluding hydrogens is 272 g/mol. The van der Waals surface area contributed by atoms with Crippen LogP contribution in [0.3, 0.4) is 0 Å². The highest BCUT2D eigenvalue weighted by atomic mass is 16.3. The molecule has 1 fully saturated rings. The molecule has 0 radical (unpaired) electrons. The molecule has 0 bridgehead atoms. The lowest BCUT2D eigenvalue weighted by atomic mass is 9.61. The van der Waals surface area contributed by atoms with Crippen molar-refractivity contribution in [2.24, 2.45) is 5.92 Å². The van der Waals surface area contributed by atoms with Crippen LogP contribution < -0.4 is 0 Å². The van der Waals surface area contributed by atoms with E-state index in [4.69, 9.17) is 5.26 Å². The summed E-state index contributed by atoms with van der Waals surface area (Å²) in [7, 11) is 0. The number of benzene rings is 1. The molecule has 0 spiro atoms. The Labute approximate surface area is 131 Å². The third kappa shape index (κ3) is 2.47. The summed E-state index contributed by atoms with van der Waals surface area (Å²) in [5.41, 5.74) is 3.18. The van der Waals surface area contributed by atoms with Crippen molar-refractivity contribution in [3.63, 3.8) is 0 Å². The summed E-state index contributed by atoms with van der Waals surface area (Å²) >= 11 is 0. The fraction of sp³-hybridized carbons (Fsp3) is 0.316. The summed E-state index contributed by atoms with van der Waals surface area (Å²) in [6.07, 6.45) is 5.01. The topological polar surface area (TPSA) is 49.0 Å². The number of allylic oxidation sites excluding steroid dienone is 1. The second-order valence-electron chi connectivity index (χ2n) is 5.90. The second kappa shape index (κ2) is 6.21. The van der Waals surface area contributed by atoms with Gasteiger partial charge in [-0.15, -0.1) is 6.58 Å². The number of aliphatic hydroxyl groups is 1. The SMILES string of the molecule is C=CCn1cccc1[C@@H]1C[C@H](c2ccc(C#N)cc2)[C@H]1CO. The van der Waals surface area contributed by atoms with E-state index < -0.39 is 0 Å². The molecule has 3 nitrogen and oxygen atoms in total. The van der Waals surface area contributed by atoms with Gasteiger partial charge in [-0.05, 0) is 48.1 Å². The molecule has 0 saturated heterocycles. The maximum Gasteiger partial charge on any atom is 0.0991 e. The third-order valence-corrected chi connectivity index (χ3v) is 4.79. The highest BCUT2D eigenvalue weighted by Gasteiger charge is 2.43. The second-order valence-corrected chi connectivity index (χ2v) is 5.90. The van der Waals surface area contributed by atoms with Gasteiger partial charge in [0, 0.05) is 31.0 Å². The van der Waals surface area contributed by atoms with Crippen LogP contribution in [0.4, 0.5) is 0 Å². The zero-order valence-corrected chi connectivity index (χ0v) is 12.5. The number of nitriles is 1. The molecular formula is C19H20N2O. The predicted octanol–water partition coefficient (Wildman–Crippen LogP) is 3.43. The molecule has 1 aromatic heterocycles.